The highest BCUT2D eigenvalue weighted by Gasteiger charge is 2.19. The van der Waals surface area contributed by atoms with Crippen LogP contribution in [0.5, 0.6) is 11.6 Å². The van der Waals surface area contributed by atoms with Gasteiger partial charge in [-0.15, -0.1) is 0 Å². The zero-order valence-corrected chi connectivity index (χ0v) is 18.3. The first kappa shape index (κ1) is 20.1. The summed E-state index contributed by atoms with van der Waals surface area (Å²) in [5.74, 6) is 1.73. The molecular formula is C24H24N6O2. The van der Waals surface area contributed by atoms with Crippen LogP contribution in [0.25, 0.3) is 22.2 Å². The lowest BCUT2D eigenvalue weighted by Gasteiger charge is -2.25. The van der Waals surface area contributed by atoms with Gasteiger partial charge < -0.3 is 19.7 Å². The van der Waals surface area contributed by atoms with Gasteiger partial charge in [0.25, 0.3) is 0 Å². The van der Waals surface area contributed by atoms with Gasteiger partial charge in [-0.05, 0) is 36.9 Å². The van der Waals surface area contributed by atoms with Crippen molar-refractivity contribution >= 4 is 22.5 Å². The Morgan fingerprint density at radius 2 is 1.91 bits per heavy atom. The minimum Gasteiger partial charge on any atom is -0.496 e. The summed E-state index contributed by atoms with van der Waals surface area (Å²) < 4.78 is 11.1. The standard InChI is InChI=1S/C24H24N6O2/c1-30-11-9-18-16(14-30)12-19(23(27-18)32-3)28-24-26-13-15-8-10-25-22(21(15)29-24)17-6-4-5-7-20(17)31-2/h4-8,10,12-13H,9,11,14H2,1-3H3,(H,26,28,29). The summed E-state index contributed by atoms with van der Waals surface area (Å²) in [6.07, 6.45) is 4.45. The number of para-hydroxylation sites is 1. The van der Waals surface area contributed by atoms with Crippen molar-refractivity contribution in [2.45, 2.75) is 13.0 Å². The van der Waals surface area contributed by atoms with E-state index < -0.39 is 0 Å². The van der Waals surface area contributed by atoms with Crippen LogP contribution in [0.1, 0.15) is 11.3 Å². The SMILES string of the molecule is COc1ccccc1-c1nccc2cnc(Nc3cc4c(nc3OC)CCN(C)C4)nc12. The molecule has 5 rings (SSSR count). The minimum absolute atomic E-state index is 0.450. The maximum absolute atomic E-state index is 5.55. The van der Waals surface area contributed by atoms with Crippen LogP contribution in [-0.2, 0) is 13.0 Å². The third kappa shape index (κ3) is 3.69. The van der Waals surface area contributed by atoms with Gasteiger partial charge in [0.05, 0.1) is 19.9 Å². The number of aromatic nitrogens is 4. The van der Waals surface area contributed by atoms with Gasteiger partial charge in [-0.3, -0.25) is 4.98 Å². The van der Waals surface area contributed by atoms with E-state index in [-0.39, 0.29) is 0 Å². The van der Waals surface area contributed by atoms with Crippen LogP contribution in [0.3, 0.4) is 0 Å². The molecule has 3 aromatic heterocycles. The van der Waals surface area contributed by atoms with Crippen LogP contribution in [0.15, 0.2) is 48.8 Å². The highest BCUT2D eigenvalue weighted by atomic mass is 16.5. The summed E-state index contributed by atoms with van der Waals surface area (Å²) in [7, 11) is 5.39. The number of benzene rings is 1. The zero-order chi connectivity index (χ0) is 22.1. The molecule has 0 fully saturated rings. The average molecular weight is 428 g/mol. The number of hydrogen-bond donors (Lipinski definition) is 1. The van der Waals surface area contributed by atoms with Crippen molar-refractivity contribution in [3.8, 4) is 22.9 Å². The van der Waals surface area contributed by atoms with E-state index in [1.54, 1.807) is 26.6 Å². The van der Waals surface area contributed by atoms with Crippen LogP contribution in [0, 0.1) is 0 Å². The maximum Gasteiger partial charge on any atom is 0.237 e. The highest BCUT2D eigenvalue weighted by molar-refractivity contribution is 5.93. The van der Waals surface area contributed by atoms with E-state index in [4.69, 9.17) is 19.4 Å². The van der Waals surface area contributed by atoms with Crippen LogP contribution in [0.2, 0.25) is 0 Å². The Kier molecular flexibility index (Phi) is 5.28. The molecule has 8 heteroatoms. The summed E-state index contributed by atoms with van der Waals surface area (Å²) >= 11 is 0. The van der Waals surface area contributed by atoms with Crippen LogP contribution >= 0.6 is 0 Å². The minimum atomic E-state index is 0.450. The molecule has 0 radical (unpaired) electrons. The number of methoxy groups -OCH3 is 2. The number of likely N-dealkylation sites (N-methyl/N-ethyl adjacent to an activating group) is 1. The van der Waals surface area contributed by atoms with E-state index in [9.17, 15) is 0 Å². The summed E-state index contributed by atoms with van der Waals surface area (Å²) in [6, 6.07) is 11.8. The van der Waals surface area contributed by atoms with Crippen molar-refractivity contribution < 1.29 is 9.47 Å². The number of anilines is 2. The van der Waals surface area contributed by atoms with E-state index in [0.29, 0.717) is 11.8 Å². The van der Waals surface area contributed by atoms with E-state index in [1.807, 2.05) is 30.3 Å². The Labute approximate surface area is 186 Å². The fourth-order valence-corrected chi connectivity index (χ4v) is 4.01. The Morgan fingerprint density at radius 1 is 1.03 bits per heavy atom. The molecule has 8 nitrogen and oxygen atoms in total. The molecule has 1 aromatic carbocycles. The molecule has 0 atom stereocenters. The predicted molar refractivity (Wildman–Crippen MR) is 123 cm³/mol. The van der Waals surface area contributed by atoms with Crippen molar-refractivity contribution in [2.75, 3.05) is 33.1 Å². The van der Waals surface area contributed by atoms with Gasteiger partial charge in [0, 0.05) is 42.9 Å². The molecule has 1 aliphatic heterocycles. The largest absolute Gasteiger partial charge is 0.496 e. The molecule has 4 aromatic rings. The molecule has 32 heavy (non-hydrogen) atoms. The lowest BCUT2D eigenvalue weighted by molar-refractivity contribution is 0.307. The molecule has 0 amide bonds. The lowest BCUT2D eigenvalue weighted by atomic mass is 10.1. The number of fused-ring (bicyclic) bond motifs is 2. The van der Waals surface area contributed by atoms with Gasteiger partial charge in [0.1, 0.15) is 22.6 Å². The second-order valence-electron chi connectivity index (χ2n) is 7.76. The third-order valence-electron chi connectivity index (χ3n) is 5.63. The van der Waals surface area contributed by atoms with Crippen molar-refractivity contribution in [3.05, 3.63) is 60.0 Å². The molecule has 162 valence electrons. The van der Waals surface area contributed by atoms with Crippen molar-refractivity contribution in [1.29, 1.82) is 0 Å². The average Bonchev–Trinajstić information content (AvgIpc) is 2.83. The van der Waals surface area contributed by atoms with Crippen molar-refractivity contribution in [3.63, 3.8) is 0 Å². The number of hydrogen-bond acceptors (Lipinski definition) is 8. The summed E-state index contributed by atoms with van der Waals surface area (Å²) in [5.41, 5.74) is 5.35. The molecule has 0 bridgehead atoms. The summed E-state index contributed by atoms with van der Waals surface area (Å²) in [5, 5.41) is 4.19. The fraction of sp³-hybridized carbons (Fsp3) is 0.250. The Morgan fingerprint density at radius 3 is 2.75 bits per heavy atom. The molecule has 0 spiro atoms. The first-order chi connectivity index (χ1) is 15.7. The molecule has 4 heterocycles. The van der Waals surface area contributed by atoms with E-state index in [1.165, 1.54) is 5.56 Å². The number of ether oxygens (including phenoxy) is 2. The molecule has 0 unspecified atom stereocenters. The van der Waals surface area contributed by atoms with Gasteiger partial charge in [0.2, 0.25) is 11.8 Å². The molecule has 0 saturated carbocycles. The van der Waals surface area contributed by atoms with Crippen LogP contribution in [-0.4, -0.2) is 52.6 Å². The maximum atomic E-state index is 5.55. The zero-order valence-electron chi connectivity index (χ0n) is 18.3. The predicted octanol–water partition coefficient (Wildman–Crippen LogP) is 3.84. The second-order valence-corrected chi connectivity index (χ2v) is 7.76. The fourth-order valence-electron chi connectivity index (χ4n) is 4.01. The topological polar surface area (TPSA) is 85.3 Å². The number of nitrogens with zero attached hydrogens (tertiary/aromatic N) is 5. The smallest absolute Gasteiger partial charge is 0.237 e. The van der Waals surface area contributed by atoms with E-state index in [0.717, 1.165) is 58.8 Å². The Balaban J connectivity index is 1.57. The Hall–Kier alpha value is -3.78. The Bertz CT molecular complexity index is 1290. The summed E-state index contributed by atoms with van der Waals surface area (Å²) in [4.78, 5) is 20.9. The number of rotatable bonds is 5. The van der Waals surface area contributed by atoms with Gasteiger partial charge in [-0.2, -0.15) is 0 Å². The van der Waals surface area contributed by atoms with Gasteiger partial charge in [0.15, 0.2) is 0 Å². The second kappa shape index (κ2) is 8.39. The van der Waals surface area contributed by atoms with Gasteiger partial charge in [-0.1, -0.05) is 12.1 Å². The van der Waals surface area contributed by atoms with E-state index >= 15 is 0 Å². The first-order valence-corrected chi connectivity index (χ1v) is 10.4. The molecule has 1 N–H and O–H groups in total. The molecule has 0 saturated heterocycles. The van der Waals surface area contributed by atoms with Crippen molar-refractivity contribution in [1.82, 2.24) is 24.8 Å². The molecular weight excluding hydrogens is 404 g/mol. The first-order valence-electron chi connectivity index (χ1n) is 10.4. The van der Waals surface area contributed by atoms with Crippen LogP contribution < -0.4 is 14.8 Å². The third-order valence-corrected chi connectivity index (χ3v) is 5.63. The number of nitrogens with one attached hydrogen (secondary N) is 1. The van der Waals surface area contributed by atoms with Gasteiger partial charge in [-0.25, -0.2) is 15.0 Å². The van der Waals surface area contributed by atoms with Gasteiger partial charge >= 0.3 is 0 Å². The summed E-state index contributed by atoms with van der Waals surface area (Å²) in [6.45, 7) is 1.84. The van der Waals surface area contributed by atoms with Crippen molar-refractivity contribution in [2.24, 2.45) is 0 Å². The van der Waals surface area contributed by atoms with Crippen LogP contribution in [0.4, 0.5) is 11.6 Å². The molecule has 1 aliphatic rings. The van der Waals surface area contributed by atoms with E-state index in [2.05, 4.69) is 33.3 Å². The highest BCUT2D eigenvalue weighted by Crippen LogP contribution is 2.34. The lowest BCUT2D eigenvalue weighted by Crippen LogP contribution is -2.27. The monoisotopic (exact) mass is 428 g/mol. The molecule has 0 aliphatic carbocycles. The number of pyridine rings is 2. The normalized spacial score (nSPS) is 13.6. The quantitative estimate of drug-likeness (QED) is 0.513.